The van der Waals surface area contributed by atoms with Crippen LogP contribution < -0.4 is 5.32 Å². The van der Waals surface area contributed by atoms with Crippen molar-refractivity contribution in [2.45, 2.75) is 58.0 Å². The van der Waals surface area contributed by atoms with Gasteiger partial charge in [-0.2, -0.15) is 5.10 Å². The van der Waals surface area contributed by atoms with E-state index in [9.17, 15) is 9.59 Å². The van der Waals surface area contributed by atoms with Gasteiger partial charge < -0.3 is 10.3 Å². The minimum Gasteiger partial charge on any atom is -0.345 e. The summed E-state index contributed by atoms with van der Waals surface area (Å²) < 4.78 is 1.49. The molecule has 34 heavy (non-hydrogen) atoms. The number of aromatic nitrogens is 6. The van der Waals surface area contributed by atoms with Crippen molar-refractivity contribution in [2.24, 2.45) is 0 Å². The summed E-state index contributed by atoms with van der Waals surface area (Å²) >= 11 is 0. The third-order valence-electron chi connectivity index (χ3n) is 5.83. The molecule has 1 amide bonds. The monoisotopic (exact) mass is 459 g/mol. The second-order valence-electron chi connectivity index (χ2n) is 8.32. The zero-order valence-corrected chi connectivity index (χ0v) is 19.3. The normalized spacial score (nSPS) is 12.0. The fourth-order valence-electron chi connectivity index (χ4n) is 3.92. The van der Waals surface area contributed by atoms with Crippen LogP contribution in [0.15, 0.2) is 55.5 Å². The van der Waals surface area contributed by atoms with Crippen LogP contribution in [0.4, 0.5) is 0 Å². The predicted octanol–water partition coefficient (Wildman–Crippen LogP) is 4.00. The summed E-state index contributed by atoms with van der Waals surface area (Å²) in [5.41, 5.74) is 1.88. The van der Waals surface area contributed by atoms with E-state index >= 15 is 0 Å². The van der Waals surface area contributed by atoms with Crippen LogP contribution in [0.5, 0.6) is 0 Å². The first-order valence-corrected chi connectivity index (χ1v) is 11.6. The van der Waals surface area contributed by atoms with Crippen molar-refractivity contribution in [3.8, 4) is 11.3 Å². The first-order valence-electron chi connectivity index (χ1n) is 11.6. The van der Waals surface area contributed by atoms with E-state index in [0.29, 0.717) is 24.4 Å². The fourth-order valence-corrected chi connectivity index (χ4v) is 3.92. The lowest BCUT2D eigenvalue weighted by Gasteiger charge is -2.17. The molecule has 0 aliphatic rings. The lowest BCUT2D eigenvalue weighted by molar-refractivity contribution is -0.122. The lowest BCUT2D eigenvalue weighted by Crippen LogP contribution is -2.32. The first kappa shape index (κ1) is 23.3. The Morgan fingerprint density at radius 1 is 1.09 bits per heavy atom. The van der Waals surface area contributed by atoms with E-state index in [1.807, 2.05) is 25.3 Å². The molecular formula is C25H29N7O2. The van der Waals surface area contributed by atoms with Gasteiger partial charge in [0, 0.05) is 36.2 Å². The maximum absolute atomic E-state index is 12.6. The molecule has 176 valence electrons. The van der Waals surface area contributed by atoms with Crippen molar-refractivity contribution < 1.29 is 9.59 Å². The van der Waals surface area contributed by atoms with Gasteiger partial charge in [0.15, 0.2) is 0 Å². The van der Waals surface area contributed by atoms with Gasteiger partial charge >= 0.3 is 0 Å². The molecule has 4 aromatic rings. The standard InChI is InChI=1S/C25H29N7O2/c1-2-21(33)6-4-3-5-7-22(30-24(34)15-32-17-27-16-29-32)25-28-14-23(31-25)19-9-8-18-10-11-26-13-20(18)12-19/h8-14,16-17,22H,2-7,15H2,1H3,(H,28,31)(H,30,34)/t22-/m0/s1. The second-order valence-corrected chi connectivity index (χ2v) is 8.32. The number of pyridine rings is 1. The summed E-state index contributed by atoms with van der Waals surface area (Å²) in [6, 6.07) is 7.88. The molecule has 0 spiro atoms. The van der Waals surface area contributed by atoms with Gasteiger partial charge in [0.2, 0.25) is 5.91 Å². The van der Waals surface area contributed by atoms with E-state index in [0.717, 1.165) is 47.7 Å². The van der Waals surface area contributed by atoms with Gasteiger partial charge in [-0.1, -0.05) is 31.9 Å². The number of nitrogens with zero attached hydrogens (tertiary/aromatic N) is 5. The molecule has 1 atom stereocenters. The minimum atomic E-state index is -0.270. The van der Waals surface area contributed by atoms with Gasteiger partial charge in [-0.15, -0.1) is 0 Å². The van der Waals surface area contributed by atoms with Crippen molar-refractivity contribution in [2.75, 3.05) is 0 Å². The molecule has 3 heterocycles. The number of carbonyl (C=O) groups is 2. The molecular weight excluding hydrogens is 430 g/mol. The van der Waals surface area contributed by atoms with Crippen LogP contribution >= 0.6 is 0 Å². The lowest BCUT2D eigenvalue weighted by atomic mass is 10.0. The average Bonchev–Trinajstić information content (AvgIpc) is 3.55. The molecule has 0 aliphatic heterocycles. The number of hydrogen-bond acceptors (Lipinski definition) is 6. The maximum atomic E-state index is 12.6. The zero-order valence-electron chi connectivity index (χ0n) is 19.3. The predicted molar refractivity (Wildman–Crippen MR) is 129 cm³/mol. The Morgan fingerprint density at radius 2 is 2.00 bits per heavy atom. The van der Waals surface area contributed by atoms with Gasteiger partial charge in [-0.3, -0.25) is 14.6 Å². The van der Waals surface area contributed by atoms with Crippen LogP contribution in [0.25, 0.3) is 22.0 Å². The van der Waals surface area contributed by atoms with E-state index in [4.69, 9.17) is 0 Å². The average molecular weight is 460 g/mol. The van der Waals surface area contributed by atoms with Crippen molar-refractivity contribution in [1.29, 1.82) is 0 Å². The molecule has 9 nitrogen and oxygen atoms in total. The number of Topliss-reactive ketones (excluding diaryl/α,β-unsaturated/α-hetero) is 1. The van der Waals surface area contributed by atoms with E-state index in [1.54, 1.807) is 12.4 Å². The minimum absolute atomic E-state index is 0.0900. The Bertz CT molecular complexity index is 1230. The number of nitrogens with one attached hydrogen (secondary N) is 2. The van der Waals surface area contributed by atoms with Crippen molar-refractivity contribution in [3.05, 3.63) is 61.3 Å². The summed E-state index contributed by atoms with van der Waals surface area (Å²) in [6.07, 6.45) is 12.9. The number of aromatic amines is 1. The highest BCUT2D eigenvalue weighted by Gasteiger charge is 2.19. The Kier molecular flexibility index (Phi) is 7.75. The van der Waals surface area contributed by atoms with E-state index in [2.05, 4.69) is 42.5 Å². The van der Waals surface area contributed by atoms with Gasteiger partial charge in [0.25, 0.3) is 0 Å². The molecule has 0 fully saturated rings. The summed E-state index contributed by atoms with van der Waals surface area (Å²) in [5, 5.41) is 9.25. The summed E-state index contributed by atoms with van der Waals surface area (Å²) in [5.74, 6) is 0.836. The van der Waals surface area contributed by atoms with Gasteiger partial charge in [0.1, 0.15) is 30.8 Å². The highest BCUT2D eigenvalue weighted by molar-refractivity contribution is 5.86. The number of ketones is 1. The number of benzene rings is 1. The Labute approximate surface area is 198 Å². The Morgan fingerprint density at radius 3 is 2.82 bits per heavy atom. The van der Waals surface area contributed by atoms with Crippen LogP contribution in [0.3, 0.4) is 0 Å². The first-order chi connectivity index (χ1) is 16.6. The maximum Gasteiger partial charge on any atom is 0.242 e. The second kappa shape index (κ2) is 11.3. The third kappa shape index (κ3) is 6.12. The molecule has 0 saturated heterocycles. The highest BCUT2D eigenvalue weighted by Crippen LogP contribution is 2.25. The highest BCUT2D eigenvalue weighted by atomic mass is 16.2. The molecule has 1 aromatic carbocycles. The number of rotatable bonds is 12. The number of unbranched alkanes of at least 4 members (excludes halogenated alkanes) is 2. The summed E-state index contributed by atoms with van der Waals surface area (Å²) in [7, 11) is 0. The number of carbonyl (C=O) groups excluding carboxylic acids is 2. The van der Waals surface area contributed by atoms with Crippen LogP contribution in [0.2, 0.25) is 0 Å². The number of hydrogen-bond donors (Lipinski definition) is 2. The largest absolute Gasteiger partial charge is 0.345 e. The van der Waals surface area contributed by atoms with Gasteiger partial charge in [0.05, 0.1) is 17.9 Å². The van der Waals surface area contributed by atoms with Gasteiger partial charge in [-0.25, -0.2) is 14.6 Å². The number of imidazole rings is 1. The van der Waals surface area contributed by atoms with E-state index in [-0.39, 0.29) is 18.5 Å². The zero-order chi connectivity index (χ0) is 23.8. The molecule has 0 bridgehead atoms. The molecule has 2 N–H and O–H groups in total. The van der Waals surface area contributed by atoms with Crippen molar-refractivity contribution in [3.63, 3.8) is 0 Å². The molecule has 0 radical (unpaired) electrons. The number of H-pyrrole nitrogens is 1. The number of amides is 1. The Hall–Kier alpha value is -3.88. The Balaban J connectivity index is 1.46. The topological polar surface area (TPSA) is 118 Å². The molecule has 4 rings (SSSR count). The molecule has 3 aromatic heterocycles. The van der Waals surface area contributed by atoms with E-state index < -0.39 is 0 Å². The smallest absolute Gasteiger partial charge is 0.242 e. The van der Waals surface area contributed by atoms with E-state index in [1.165, 1.54) is 17.3 Å². The van der Waals surface area contributed by atoms with Crippen LogP contribution in [0.1, 0.15) is 57.3 Å². The number of fused-ring (bicyclic) bond motifs is 1. The van der Waals surface area contributed by atoms with Crippen molar-refractivity contribution >= 4 is 22.5 Å². The van der Waals surface area contributed by atoms with Gasteiger partial charge in [-0.05, 0) is 30.4 Å². The quantitative estimate of drug-likeness (QED) is 0.309. The van der Waals surface area contributed by atoms with Crippen LogP contribution in [-0.2, 0) is 16.1 Å². The van der Waals surface area contributed by atoms with Crippen molar-refractivity contribution in [1.82, 2.24) is 35.0 Å². The summed E-state index contributed by atoms with van der Waals surface area (Å²) in [6.45, 7) is 1.98. The van der Waals surface area contributed by atoms with Crippen LogP contribution in [0, 0.1) is 0 Å². The molecule has 9 heteroatoms. The SMILES string of the molecule is CCC(=O)CCCCC[C@H](NC(=O)Cn1cncn1)c1ncc(-c2ccc3ccncc3c2)[nH]1. The molecule has 0 saturated carbocycles. The molecule has 0 aliphatic carbocycles. The molecule has 0 unspecified atom stereocenters. The van der Waals surface area contributed by atoms with Crippen LogP contribution in [-0.4, -0.2) is 41.4 Å². The fraction of sp³-hybridized carbons (Fsp3) is 0.360. The third-order valence-corrected chi connectivity index (χ3v) is 5.83. The summed E-state index contributed by atoms with van der Waals surface area (Å²) in [4.78, 5) is 40.3.